The van der Waals surface area contributed by atoms with Crippen LogP contribution in [0.4, 0.5) is 11.4 Å². The van der Waals surface area contributed by atoms with Crippen molar-refractivity contribution >= 4 is 11.4 Å². The van der Waals surface area contributed by atoms with Gasteiger partial charge < -0.3 is 0 Å². The van der Waals surface area contributed by atoms with Gasteiger partial charge in [0.1, 0.15) is 0 Å². The maximum atomic E-state index is 5.41. The Balaban J connectivity index is 1.45. The van der Waals surface area contributed by atoms with Crippen LogP contribution in [0.3, 0.4) is 0 Å². The van der Waals surface area contributed by atoms with Crippen LogP contribution in [0.2, 0.25) is 0 Å². The fourth-order valence-corrected chi connectivity index (χ4v) is 3.07. The Morgan fingerprint density at radius 1 is 0.400 bits per heavy atom. The van der Waals surface area contributed by atoms with Crippen molar-refractivity contribution in [3.05, 3.63) is 108 Å². The Morgan fingerprint density at radius 2 is 0.667 bits per heavy atom. The highest BCUT2D eigenvalue weighted by Gasteiger charge is 2.00. The number of hydrogen-bond donors (Lipinski definition) is 0. The molecule has 0 aliphatic rings. The summed E-state index contributed by atoms with van der Waals surface area (Å²) < 4.78 is 0. The Bertz CT molecular complexity index is 1140. The highest BCUT2D eigenvalue weighted by Crippen LogP contribution is 2.26. The molecule has 0 heterocycles. The maximum Gasteiger partial charge on any atom is 0.0857 e. The van der Waals surface area contributed by atoms with Gasteiger partial charge in [0.2, 0.25) is 0 Å². The minimum absolute atomic E-state index is 0.799. The van der Waals surface area contributed by atoms with Crippen LogP contribution in [0.1, 0.15) is 11.1 Å². The monoisotopic (exact) mass is 382 g/mol. The molecule has 0 aliphatic carbocycles. The number of hydrogen-bond acceptors (Lipinski definition) is 2. The van der Waals surface area contributed by atoms with E-state index >= 15 is 0 Å². The standard InChI is InChI=1S/C28H18N2/c1-3-21-5-9-23(10-6-21)25-13-17-27(18-14-25)29-30-28-19-15-26(16-20-28)24-11-7-22(4-2)8-12-24/h1-2,5-20H. The van der Waals surface area contributed by atoms with E-state index in [0.717, 1.165) is 44.8 Å². The molecule has 140 valence electrons. The molecule has 4 aromatic rings. The average molecular weight is 382 g/mol. The molecule has 0 saturated heterocycles. The molecule has 0 N–H and O–H groups in total. The minimum atomic E-state index is 0.799. The van der Waals surface area contributed by atoms with Crippen molar-refractivity contribution in [2.24, 2.45) is 10.2 Å². The largest absolute Gasteiger partial charge is 0.151 e. The lowest BCUT2D eigenvalue weighted by Gasteiger charge is -2.03. The van der Waals surface area contributed by atoms with Crippen LogP contribution in [0.5, 0.6) is 0 Å². The van der Waals surface area contributed by atoms with Crippen LogP contribution in [0, 0.1) is 24.7 Å². The molecular weight excluding hydrogens is 364 g/mol. The van der Waals surface area contributed by atoms with Crippen molar-refractivity contribution < 1.29 is 0 Å². The first kappa shape index (κ1) is 18.9. The second kappa shape index (κ2) is 8.74. The van der Waals surface area contributed by atoms with Gasteiger partial charge in [-0.2, -0.15) is 10.2 Å². The number of nitrogens with zero attached hydrogens (tertiary/aromatic N) is 2. The van der Waals surface area contributed by atoms with E-state index in [2.05, 4.69) is 22.1 Å². The zero-order valence-electron chi connectivity index (χ0n) is 16.3. The quantitative estimate of drug-likeness (QED) is 0.259. The topological polar surface area (TPSA) is 24.7 Å². The Morgan fingerprint density at radius 3 is 0.933 bits per heavy atom. The molecular formula is C28H18N2. The summed E-state index contributed by atoms with van der Waals surface area (Å²) in [4.78, 5) is 0. The SMILES string of the molecule is C#Cc1ccc(-c2ccc(N=Nc3ccc(-c4ccc(C#C)cc4)cc3)cc2)cc1. The molecule has 0 bridgehead atoms. The molecule has 0 saturated carbocycles. The van der Waals surface area contributed by atoms with E-state index in [1.807, 2.05) is 97.1 Å². The van der Waals surface area contributed by atoms with Gasteiger partial charge in [0, 0.05) is 11.1 Å². The van der Waals surface area contributed by atoms with E-state index in [1.54, 1.807) is 0 Å². The van der Waals surface area contributed by atoms with Crippen LogP contribution >= 0.6 is 0 Å². The molecule has 0 radical (unpaired) electrons. The van der Waals surface area contributed by atoms with Gasteiger partial charge in [-0.15, -0.1) is 12.8 Å². The second-order valence-electron chi connectivity index (χ2n) is 6.74. The zero-order chi connectivity index (χ0) is 20.8. The molecule has 0 spiro atoms. The van der Waals surface area contributed by atoms with Gasteiger partial charge in [0.15, 0.2) is 0 Å². The van der Waals surface area contributed by atoms with E-state index < -0.39 is 0 Å². The first-order valence-electron chi connectivity index (χ1n) is 9.51. The average Bonchev–Trinajstić information content (AvgIpc) is 2.83. The Labute approximate surface area is 177 Å². The second-order valence-corrected chi connectivity index (χ2v) is 6.74. The number of terminal acetylenes is 2. The predicted octanol–water partition coefficient (Wildman–Crippen LogP) is 7.40. The summed E-state index contributed by atoms with van der Waals surface area (Å²) in [6.45, 7) is 0. The first-order chi connectivity index (χ1) is 14.7. The van der Waals surface area contributed by atoms with Gasteiger partial charge in [-0.3, -0.25) is 0 Å². The molecule has 0 fully saturated rings. The summed E-state index contributed by atoms with van der Waals surface area (Å²) in [5.74, 6) is 5.26. The van der Waals surface area contributed by atoms with Crippen LogP contribution < -0.4 is 0 Å². The molecule has 2 heteroatoms. The molecule has 0 aromatic heterocycles. The highest BCUT2D eigenvalue weighted by molar-refractivity contribution is 5.67. The summed E-state index contributed by atoms with van der Waals surface area (Å²) in [6, 6.07) is 31.8. The van der Waals surface area contributed by atoms with Crippen LogP contribution in [0.25, 0.3) is 22.3 Å². The summed E-state index contributed by atoms with van der Waals surface area (Å²) in [7, 11) is 0. The molecule has 2 nitrogen and oxygen atoms in total. The lowest BCUT2D eigenvalue weighted by molar-refractivity contribution is 1.23. The molecule has 4 rings (SSSR count). The Hall–Kier alpha value is -4.40. The number of rotatable bonds is 4. The zero-order valence-corrected chi connectivity index (χ0v) is 16.3. The summed E-state index contributed by atoms with van der Waals surface area (Å²) in [6.07, 6.45) is 10.8. The van der Waals surface area contributed by atoms with Crippen LogP contribution in [-0.4, -0.2) is 0 Å². The number of azo groups is 1. The first-order valence-corrected chi connectivity index (χ1v) is 9.51. The van der Waals surface area contributed by atoms with Crippen molar-refractivity contribution in [1.29, 1.82) is 0 Å². The van der Waals surface area contributed by atoms with E-state index in [9.17, 15) is 0 Å². The molecule has 0 amide bonds. The lowest BCUT2D eigenvalue weighted by Crippen LogP contribution is -1.79. The van der Waals surface area contributed by atoms with Crippen LogP contribution in [0.15, 0.2) is 107 Å². The molecule has 0 aliphatic heterocycles. The van der Waals surface area contributed by atoms with Crippen molar-refractivity contribution in [1.82, 2.24) is 0 Å². The van der Waals surface area contributed by atoms with Gasteiger partial charge in [-0.25, -0.2) is 0 Å². The van der Waals surface area contributed by atoms with Gasteiger partial charge in [0.05, 0.1) is 11.4 Å². The van der Waals surface area contributed by atoms with E-state index in [4.69, 9.17) is 12.8 Å². The van der Waals surface area contributed by atoms with Crippen molar-refractivity contribution in [2.75, 3.05) is 0 Å². The minimum Gasteiger partial charge on any atom is -0.151 e. The fourth-order valence-electron chi connectivity index (χ4n) is 3.07. The Kier molecular flexibility index (Phi) is 5.52. The predicted molar refractivity (Wildman–Crippen MR) is 124 cm³/mol. The van der Waals surface area contributed by atoms with Crippen molar-refractivity contribution in [3.63, 3.8) is 0 Å². The van der Waals surface area contributed by atoms with Gasteiger partial charge >= 0.3 is 0 Å². The van der Waals surface area contributed by atoms with E-state index in [-0.39, 0.29) is 0 Å². The molecule has 30 heavy (non-hydrogen) atoms. The molecule has 4 aromatic carbocycles. The lowest BCUT2D eigenvalue weighted by atomic mass is 10.0. The molecule has 0 unspecified atom stereocenters. The normalized spacial score (nSPS) is 10.5. The summed E-state index contributed by atoms with van der Waals surface area (Å²) in [5, 5.41) is 8.68. The van der Waals surface area contributed by atoms with E-state index in [1.165, 1.54) is 0 Å². The van der Waals surface area contributed by atoms with Crippen LogP contribution in [-0.2, 0) is 0 Å². The third-order valence-electron chi connectivity index (χ3n) is 4.79. The fraction of sp³-hybridized carbons (Fsp3) is 0. The third-order valence-corrected chi connectivity index (χ3v) is 4.79. The van der Waals surface area contributed by atoms with Gasteiger partial charge in [-0.1, -0.05) is 60.4 Å². The third kappa shape index (κ3) is 4.36. The smallest absolute Gasteiger partial charge is 0.0857 e. The van der Waals surface area contributed by atoms with Crippen molar-refractivity contribution in [3.8, 4) is 46.9 Å². The van der Waals surface area contributed by atoms with Crippen molar-refractivity contribution in [2.45, 2.75) is 0 Å². The summed E-state index contributed by atoms with van der Waals surface area (Å²) in [5.41, 5.74) is 7.79. The molecule has 0 atom stereocenters. The maximum absolute atomic E-state index is 5.41. The van der Waals surface area contributed by atoms with Gasteiger partial charge in [-0.05, 0) is 70.8 Å². The van der Waals surface area contributed by atoms with E-state index in [0.29, 0.717) is 0 Å². The number of benzene rings is 4. The summed E-state index contributed by atoms with van der Waals surface area (Å²) >= 11 is 0. The highest BCUT2D eigenvalue weighted by atomic mass is 15.1. The van der Waals surface area contributed by atoms with Gasteiger partial charge in [0.25, 0.3) is 0 Å².